The summed E-state index contributed by atoms with van der Waals surface area (Å²) in [5, 5.41) is 7.67. The molecule has 1 aromatic heterocycles. The van der Waals surface area contributed by atoms with Crippen LogP contribution >= 0.6 is 0 Å². The number of benzene rings is 9. The number of hydrogen-bond acceptors (Lipinski definition) is 0. The quantitative estimate of drug-likeness (QED) is 0.150. The van der Waals surface area contributed by atoms with E-state index in [0.29, 0.717) is 0 Å². The number of aryl methyl sites for hydroxylation is 1. The van der Waals surface area contributed by atoms with E-state index in [4.69, 9.17) is 0 Å². The molecular weight excluding hydrogens is 687 g/mol. The summed E-state index contributed by atoms with van der Waals surface area (Å²) in [6.45, 7) is 10.1. The average Bonchev–Trinajstić information content (AvgIpc) is 3.58. The van der Waals surface area contributed by atoms with Gasteiger partial charge in [-0.1, -0.05) is 172 Å². The lowest BCUT2D eigenvalue weighted by Crippen LogP contribution is -2.10. The van der Waals surface area contributed by atoms with E-state index in [0.717, 1.165) is 6.54 Å². The van der Waals surface area contributed by atoms with Gasteiger partial charge in [-0.3, -0.25) is 0 Å². The molecule has 0 spiro atoms. The van der Waals surface area contributed by atoms with Crippen molar-refractivity contribution in [2.45, 2.75) is 39.7 Å². The Labute approximate surface area is 335 Å². The van der Waals surface area contributed by atoms with Crippen molar-refractivity contribution in [1.29, 1.82) is 0 Å². The van der Waals surface area contributed by atoms with Crippen LogP contribution in [0.25, 0.3) is 99.0 Å². The summed E-state index contributed by atoms with van der Waals surface area (Å²) in [6.07, 6.45) is 0. The monoisotopic (exact) mass is 731 g/mol. The molecule has 0 radical (unpaired) electrons. The average molecular weight is 732 g/mol. The van der Waals surface area contributed by atoms with Crippen molar-refractivity contribution in [1.82, 2.24) is 4.57 Å². The molecule has 0 bridgehead atoms. The van der Waals surface area contributed by atoms with Crippen molar-refractivity contribution >= 4 is 43.4 Å². The number of fused-ring (bicyclic) bond motifs is 5. The van der Waals surface area contributed by atoms with E-state index in [1.165, 1.54) is 105 Å². The molecule has 57 heavy (non-hydrogen) atoms. The predicted octanol–water partition coefficient (Wildman–Crippen LogP) is 15.8. The molecule has 0 saturated carbocycles. The summed E-state index contributed by atoms with van der Waals surface area (Å²) < 4.78 is 2.45. The maximum atomic E-state index is 2.45. The number of nitrogens with zero attached hydrogens (tertiary/aromatic N) is 1. The van der Waals surface area contributed by atoms with Gasteiger partial charge in [0, 0.05) is 28.4 Å². The second-order valence-electron chi connectivity index (χ2n) is 16.4. The Morgan fingerprint density at radius 2 is 0.702 bits per heavy atom. The van der Waals surface area contributed by atoms with Gasteiger partial charge in [-0.15, -0.1) is 0 Å². The molecule has 1 nitrogen and oxygen atoms in total. The van der Waals surface area contributed by atoms with E-state index < -0.39 is 0 Å². The van der Waals surface area contributed by atoms with Crippen molar-refractivity contribution in [3.8, 4) is 55.6 Å². The summed E-state index contributed by atoms with van der Waals surface area (Å²) in [4.78, 5) is 0. The Morgan fingerprint density at radius 1 is 0.333 bits per heavy atom. The van der Waals surface area contributed by atoms with Gasteiger partial charge in [-0.2, -0.15) is 0 Å². The fraction of sp³-hybridized carbons (Fsp3) is 0.107. The van der Waals surface area contributed by atoms with Gasteiger partial charge >= 0.3 is 0 Å². The highest BCUT2D eigenvalue weighted by Gasteiger charge is 2.20. The predicted molar refractivity (Wildman–Crippen MR) is 246 cm³/mol. The largest absolute Gasteiger partial charge is 0.341 e. The minimum Gasteiger partial charge on any atom is -0.341 e. The van der Waals surface area contributed by atoms with Gasteiger partial charge in [-0.25, -0.2) is 0 Å². The second kappa shape index (κ2) is 13.8. The molecule has 9 aromatic carbocycles. The Hall–Kier alpha value is -6.70. The van der Waals surface area contributed by atoms with Gasteiger partial charge in [-0.05, 0) is 131 Å². The summed E-state index contributed by atoms with van der Waals surface area (Å²) in [5.41, 5.74) is 16.3. The first-order valence-electron chi connectivity index (χ1n) is 20.2. The molecule has 0 atom stereocenters. The van der Waals surface area contributed by atoms with Crippen LogP contribution in [0.3, 0.4) is 0 Å². The van der Waals surface area contributed by atoms with Crippen LogP contribution in [0, 0.1) is 0 Å². The minimum absolute atomic E-state index is 0.0842. The topological polar surface area (TPSA) is 4.93 Å². The molecule has 0 amide bonds. The Kier molecular flexibility index (Phi) is 8.42. The molecular formula is C56H45N. The van der Waals surface area contributed by atoms with Crippen LogP contribution in [0.2, 0.25) is 0 Å². The molecule has 10 rings (SSSR count). The summed E-state index contributed by atoms with van der Waals surface area (Å²) in [6, 6.07) is 69.9. The lowest BCUT2D eigenvalue weighted by atomic mass is 9.83. The molecule has 0 aliphatic carbocycles. The van der Waals surface area contributed by atoms with Gasteiger partial charge in [0.15, 0.2) is 0 Å². The normalized spacial score (nSPS) is 11.9. The summed E-state index contributed by atoms with van der Waals surface area (Å²) in [7, 11) is 0. The van der Waals surface area contributed by atoms with Crippen LogP contribution in [-0.2, 0) is 12.0 Å². The van der Waals surface area contributed by atoms with Crippen LogP contribution in [0.1, 0.15) is 33.3 Å². The zero-order valence-electron chi connectivity index (χ0n) is 33.1. The lowest BCUT2D eigenvalue weighted by Gasteiger charge is -2.20. The fourth-order valence-electron chi connectivity index (χ4n) is 9.00. The van der Waals surface area contributed by atoms with Crippen molar-refractivity contribution in [3.05, 3.63) is 194 Å². The fourth-order valence-corrected chi connectivity index (χ4v) is 9.00. The highest BCUT2D eigenvalue weighted by molar-refractivity contribution is 6.22. The van der Waals surface area contributed by atoms with Crippen molar-refractivity contribution in [3.63, 3.8) is 0 Å². The molecule has 274 valence electrons. The molecule has 0 N–H and O–H groups in total. The molecule has 10 aromatic rings. The van der Waals surface area contributed by atoms with E-state index in [2.05, 4.69) is 220 Å². The van der Waals surface area contributed by atoms with Gasteiger partial charge in [0.25, 0.3) is 0 Å². The van der Waals surface area contributed by atoms with Crippen LogP contribution in [0.15, 0.2) is 188 Å². The first-order chi connectivity index (χ1) is 27.9. The number of rotatable bonds is 6. The molecule has 0 unspecified atom stereocenters. The number of aromatic nitrogens is 1. The SMILES string of the molecule is CCn1c2ccc(-c3ccc(-c4c5ccc(-c6ccccc6)cc5c(-c5ccccc5)c5ccc(-c6ccccc6)cc45)cc3)cc2c2cc(C(C)(C)C)ccc21. The molecule has 0 saturated heterocycles. The molecule has 0 fully saturated rings. The third-order valence-corrected chi connectivity index (χ3v) is 11.9. The molecule has 0 aliphatic heterocycles. The summed E-state index contributed by atoms with van der Waals surface area (Å²) >= 11 is 0. The van der Waals surface area contributed by atoms with Crippen molar-refractivity contribution < 1.29 is 0 Å². The van der Waals surface area contributed by atoms with Crippen LogP contribution < -0.4 is 0 Å². The molecule has 0 aliphatic rings. The lowest BCUT2D eigenvalue weighted by molar-refractivity contribution is 0.591. The standard InChI is InChI=1S/C56H45N/c1-5-57-52-31-27-44(33-48(52)49-36-45(56(2,3)4)28-32-53(49)57)39-21-23-41(24-22-39)55-47-30-26-42(37-15-9-6-10-16-37)34-50(47)54(40-19-13-8-14-20-40)46-29-25-43(35-51(46)55)38-17-11-7-12-18-38/h6-36H,5H2,1-4H3. The van der Waals surface area contributed by atoms with E-state index in [1.54, 1.807) is 0 Å². The van der Waals surface area contributed by atoms with Crippen LogP contribution in [0.5, 0.6) is 0 Å². The maximum absolute atomic E-state index is 2.45. The van der Waals surface area contributed by atoms with Crippen molar-refractivity contribution in [2.24, 2.45) is 0 Å². The van der Waals surface area contributed by atoms with Gasteiger partial charge in [0.05, 0.1) is 0 Å². The van der Waals surface area contributed by atoms with E-state index in [-0.39, 0.29) is 5.41 Å². The van der Waals surface area contributed by atoms with E-state index in [1.807, 2.05) is 0 Å². The number of hydrogen-bond donors (Lipinski definition) is 0. The van der Waals surface area contributed by atoms with Crippen LogP contribution in [-0.4, -0.2) is 4.57 Å². The first-order valence-corrected chi connectivity index (χ1v) is 20.2. The third kappa shape index (κ3) is 6.03. The smallest absolute Gasteiger partial charge is 0.0491 e. The van der Waals surface area contributed by atoms with E-state index >= 15 is 0 Å². The highest BCUT2D eigenvalue weighted by atomic mass is 15.0. The van der Waals surface area contributed by atoms with Crippen molar-refractivity contribution in [2.75, 3.05) is 0 Å². The minimum atomic E-state index is 0.0842. The zero-order chi connectivity index (χ0) is 38.7. The third-order valence-electron chi connectivity index (χ3n) is 11.9. The Bertz CT molecular complexity index is 3090. The Balaban J connectivity index is 1.19. The van der Waals surface area contributed by atoms with E-state index in [9.17, 15) is 0 Å². The zero-order valence-corrected chi connectivity index (χ0v) is 33.1. The van der Waals surface area contributed by atoms with Gasteiger partial charge in [0.2, 0.25) is 0 Å². The second-order valence-corrected chi connectivity index (χ2v) is 16.4. The van der Waals surface area contributed by atoms with Gasteiger partial charge in [0.1, 0.15) is 0 Å². The first kappa shape index (κ1) is 34.8. The Morgan fingerprint density at radius 3 is 1.19 bits per heavy atom. The van der Waals surface area contributed by atoms with Gasteiger partial charge < -0.3 is 4.57 Å². The maximum Gasteiger partial charge on any atom is 0.0491 e. The highest BCUT2D eigenvalue weighted by Crippen LogP contribution is 2.46. The van der Waals surface area contributed by atoms with Crippen LogP contribution in [0.4, 0.5) is 0 Å². The molecule has 1 heterocycles. The molecule has 1 heteroatoms. The summed E-state index contributed by atoms with van der Waals surface area (Å²) in [5.74, 6) is 0.